The molecule has 1 fully saturated rings. The summed E-state index contributed by atoms with van der Waals surface area (Å²) in [6.07, 6.45) is 4.10. The fraction of sp³-hybridized carbons (Fsp3) is 0.571. The third-order valence-electron chi connectivity index (χ3n) is 4.40. The number of nitrogens with zero attached hydrogens (tertiary/aromatic N) is 4. The number of hydrogen-bond donors (Lipinski definition) is 2. The summed E-state index contributed by atoms with van der Waals surface area (Å²) in [7, 11) is 0. The van der Waals surface area contributed by atoms with Crippen molar-refractivity contribution in [3.63, 3.8) is 0 Å². The molecule has 1 aromatic heterocycles. The van der Waals surface area contributed by atoms with Crippen LogP contribution in [0.4, 0.5) is 4.79 Å². The van der Waals surface area contributed by atoms with Gasteiger partial charge in [-0.2, -0.15) is 5.01 Å². The van der Waals surface area contributed by atoms with Crippen LogP contribution in [0.15, 0.2) is 12.4 Å². The summed E-state index contributed by atoms with van der Waals surface area (Å²) in [5.41, 5.74) is 1.44. The van der Waals surface area contributed by atoms with E-state index in [2.05, 4.69) is 15.7 Å². The van der Waals surface area contributed by atoms with Gasteiger partial charge in [0, 0.05) is 25.5 Å². The molecule has 2 N–H and O–H groups in total. The number of carbonyl (C=O) groups excluding carboxylic acids is 3. The van der Waals surface area contributed by atoms with Gasteiger partial charge in [0.25, 0.3) is 11.8 Å². The maximum Gasteiger partial charge on any atom is 0.344 e. The van der Waals surface area contributed by atoms with Gasteiger partial charge >= 0.3 is 6.03 Å². The van der Waals surface area contributed by atoms with E-state index in [-0.39, 0.29) is 6.54 Å². The molecule has 23 heavy (non-hydrogen) atoms. The lowest BCUT2D eigenvalue weighted by molar-refractivity contribution is -0.139. The SMILES string of the molecule is CCC1(C)NC(=O)N(NC(=O)CN2CCn3ccnc3C2)C1=O. The van der Waals surface area contributed by atoms with Gasteiger partial charge in [-0.3, -0.25) is 19.9 Å². The Kier molecular flexibility index (Phi) is 3.80. The number of aromatic nitrogens is 2. The lowest BCUT2D eigenvalue weighted by atomic mass is 10.00. The second-order valence-corrected chi connectivity index (χ2v) is 6.04. The average molecular weight is 320 g/mol. The van der Waals surface area contributed by atoms with E-state index in [9.17, 15) is 14.4 Å². The van der Waals surface area contributed by atoms with Crippen molar-refractivity contribution in [3.05, 3.63) is 18.2 Å². The minimum Gasteiger partial charge on any atom is -0.333 e. The largest absolute Gasteiger partial charge is 0.344 e. The molecule has 0 spiro atoms. The molecule has 0 radical (unpaired) electrons. The normalized spacial score (nSPS) is 24.5. The molecule has 1 atom stereocenters. The number of fused-ring (bicyclic) bond motifs is 1. The van der Waals surface area contributed by atoms with E-state index in [0.717, 1.165) is 17.4 Å². The Morgan fingerprint density at radius 3 is 2.91 bits per heavy atom. The number of rotatable bonds is 4. The van der Waals surface area contributed by atoms with Gasteiger partial charge in [-0.25, -0.2) is 9.78 Å². The number of imidazole rings is 1. The molecular formula is C14H20N6O3. The highest BCUT2D eigenvalue weighted by molar-refractivity contribution is 6.07. The van der Waals surface area contributed by atoms with E-state index in [1.165, 1.54) is 0 Å². The van der Waals surface area contributed by atoms with E-state index in [4.69, 9.17) is 0 Å². The minimum atomic E-state index is -0.958. The highest BCUT2D eigenvalue weighted by Crippen LogP contribution is 2.19. The quantitative estimate of drug-likeness (QED) is 0.725. The van der Waals surface area contributed by atoms with Gasteiger partial charge in [-0.1, -0.05) is 6.92 Å². The van der Waals surface area contributed by atoms with Crippen LogP contribution >= 0.6 is 0 Å². The number of imide groups is 1. The second-order valence-electron chi connectivity index (χ2n) is 6.04. The maximum atomic E-state index is 12.2. The van der Waals surface area contributed by atoms with E-state index < -0.39 is 23.4 Å². The highest BCUT2D eigenvalue weighted by Gasteiger charge is 2.47. The molecule has 0 aromatic carbocycles. The average Bonchev–Trinajstić information content (AvgIpc) is 3.06. The predicted molar refractivity (Wildman–Crippen MR) is 79.7 cm³/mol. The fourth-order valence-electron chi connectivity index (χ4n) is 2.75. The zero-order chi connectivity index (χ0) is 16.6. The number of urea groups is 1. The van der Waals surface area contributed by atoms with Crippen molar-refractivity contribution in [1.29, 1.82) is 0 Å². The van der Waals surface area contributed by atoms with Gasteiger partial charge in [0.05, 0.1) is 13.1 Å². The smallest absolute Gasteiger partial charge is 0.333 e. The molecule has 1 saturated heterocycles. The summed E-state index contributed by atoms with van der Waals surface area (Å²) in [5.74, 6) is 0.0685. The first-order valence-electron chi connectivity index (χ1n) is 7.61. The van der Waals surface area contributed by atoms with Crippen LogP contribution in [0.2, 0.25) is 0 Å². The van der Waals surface area contributed by atoms with Crippen molar-refractivity contribution < 1.29 is 14.4 Å². The van der Waals surface area contributed by atoms with Gasteiger partial charge in [0.1, 0.15) is 11.4 Å². The molecule has 124 valence electrons. The molecule has 0 aliphatic carbocycles. The third kappa shape index (κ3) is 2.79. The Hall–Kier alpha value is -2.42. The molecule has 4 amide bonds. The molecule has 9 nitrogen and oxygen atoms in total. The molecule has 0 saturated carbocycles. The summed E-state index contributed by atoms with van der Waals surface area (Å²) in [5, 5.41) is 3.37. The number of carbonyl (C=O) groups is 3. The van der Waals surface area contributed by atoms with Crippen molar-refractivity contribution in [1.82, 2.24) is 30.2 Å². The molecule has 2 aliphatic rings. The Labute approximate surface area is 133 Å². The van der Waals surface area contributed by atoms with Crippen molar-refractivity contribution in [2.45, 2.75) is 38.9 Å². The molecule has 9 heteroatoms. The zero-order valence-electron chi connectivity index (χ0n) is 13.2. The first-order chi connectivity index (χ1) is 10.9. The summed E-state index contributed by atoms with van der Waals surface area (Å²) in [4.78, 5) is 42.4. The molecule has 3 rings (SSSR count). The third-order valence-corrected chi connectivity index (χ3v) is 4.40. The summed E-state index contributed by atoms with van der Waals surface area (Å²) >= 11 is 0. The zero-order valence-corrected chi connectivity index (χ0v) is 13.2. The van der Waals surface area contributed by atoms with Crippen LogP contribution in [0.1, 0.15) is 26.1 Å². The van der Waals surface area contributed by atoms with Crippen molar-refractivity contribution >= 4 is 17.8 Å². The van der Waals surface area contributed by atoms with E-state index in [0.29, 0.717) is 19.5 Å². The van der Waals surface area contributed by atoms with E-state index in [1.807, 2.05) is 15.7 Å². The molecule has 1 aromatic rings. The van der Waals surface area contributed by atoms with Crippen molar-refractivity contribution in [3.8, 4) is 0 Å². The van der Waals surface area contributed by atoms with Gasteiger partial charge in [-0.05, 0) is 13.3 Å². The van der Waals surface area contributed by atoms with Gasteiger partial charge in [0.2, 0.25) is 0 Å². The van der Waals surface area contributed by atoms with Gasteiger partial charge < -0.3 is 9.88 Å². The van der Waals surface area contributed by atoms with Crippen LogP contribution in [0.3, 0.4) is 0 Å². The Morgan fingerprint density at radius 1 is 1.43 bits per heavy atom. The Morgan fingerprint density at radius 2 is 2.22 bits per heavy atom. The number of hydrazine groups is 1. The standard InChI is InChI=1S/C14H20N6O3/c1-3-14(2)12(22)20(13(23)16-14)17-11(21)9-18-6-7-19-5-4-15-10(19)8-18/h4-5H,3,6-9H2,1-2H3,(H,16,23)(H,17,21). The van der Waals surface area contributed by atoms with Crippen LogP contribution < -0.4 is 10.7 Å². The topological polar surface area (TPSA) is 99.6 Å². The van der Waals surface area contributed by atoms with E-state index in [1.54, 1.807) is 20.0 Å². The summed E-state index contributed by atoms with van der Waals surface area (Å²) in [6, 6.07) is -0.595. The molecular weight excluding hydrogens is 300 g/mol. The highest BCUT2D eigenvalue weighted by atomic mass is 16.2. The minimum absolute atomic E-state index is 0.104. The number of amides is 4. The molecule has 3 heterocycles. The summed E-state index contributed by atoms with van der Waals surface area (Å²) in [6.45, 7) is 5.59. The fourth-order valence-corrected chi connectivity index (χ4v) is 2.75. The maximum absolute atomic E-state index is 12.2. The van der Waals surface area contributed by atoms with Gasteiger partial charge in [0.15, 0.2) is 0 Å². The number of nitrogens with one attached hydrogen (secondary N) is 2. The van der Waals surface area contributed by atoms with Crippen molar-refractivity contribution in [2.75, 3.05) is 13.1 Å². The van der Waals surface area contributed by atoms with Crippen molar-refractivity contribution in [2.24, 2.45) is 0 Å². The molecule has 1 unspecified atom stereocenters. The van der Waals surface area contributed by atoms with E-state index >= 15 is 0 Å². The first kappa shape index (κ1) is 15.5. The van der Waals surface area contributed by atoms with Crippen LogP contribution in [0.5, 0.6) is 0 Å². The van der Waals surface area contributed by atoms with Crippen LogP contribution in [0, 0.1) is 0 Å². The number of hydrogen-bond acceptors (Lipinski definition) is 5. The first-order valence-corrected chi connectivity index (χ1v) is 7.61. The van der Waals surface area contributed by atoms with Crippen LogP contribution in [0.25, 0.3) is 0 Å². The Balaban J connectivity index is 1.58. The lowest BCUT2D eigenvalue weighted by Crippen LogP contribution is -2.51. The Bertz CT molecular complexity index is 657. The summed E-state index contributed by atoms with van der Waals surface area (Å²) < 4.78 is 2.04. The van der Waals surface area contributed by atoms with Gasteiger partial charge in [-0.15, -0.1) is 0 Å². The second kappa shape index (κ2) is 5.65. The molecule has 0 bridgehead atoms. The predicted octanol–water partition coefficient (Wildman–Crippen LogP) is -0.550. The van der Waals surface area contributed by atoms with Crippen LogP contribution in [-0.2, 0) is 22.7 Å². The monoisotopic (exact) mass is 320 g/mol. The molecule has 2 aliphatic heterocycles. The van der Waals surface area contributed by atoms with Crippen LogP contribution in [-0.4, -0.2) is 55.9 Å². The lowest BCUT2D eigenvalue weighted by Gasteiger charge is -2.27.